The summed E-state index contributed by atoms with van der Waals surface area (Å²) in [6.07, 6.45) is 3.43. The Morgan fingerprint density at radius 3 is 2.90 bits per heavy atom. The van der Waals surface area contributed by atoms with Crippen molar-refractivity contribution in [1.29, 1.82) is 0 Å². The first-order valence-electron chi connectivity index (χ1n) is 9.11. The van der Waals surface area contributed by atoms with Crippen LogP contribution in [0.1, 0.15) is 10.4 Å². The third-order valence-electron chi connectivity index (χ3n) is 4.45. The third kappa shape index (κ3) is 4.29. The highest BCUT2D eigenvalue weighted by atomic mass is 32.1. The molecule has 2 amide bonds. The Hall–Kier alpha value is -3.37. The van der Waals surface area contributed by atoms with Gasteiger partial charge in [-0.2, -0.15) is 0 Å². The van der Waals surface area contributed by atoms with E-state index in [-0.39, 0.29) is 19.3 Å². The van der Waals surface area contributed by atoms with Crippen LogP contribution in [0.4, 0.5) is 5.13 Å². The van der Waals surface area contributed by atoms with Gasteiger partial charge in [-0.3, -0.25) is 9.59 Å². The average Bonchev–Trinajstić information content (AvgIpc) is 3.47. The molecule has 2 N–H and O–H groups in total. The van der Waals surface area contributed by atoms with E-state index in [2.05, 4.69) is 15.6 Å². The van der Waals surface area contributed by atoms with Gasteiger partial charge in [0, 0.05) is 37.5 Å². The van der Waals surface area contributed by atoms with Crippen molar-refractivity contribution in [3.63, 3.8) is 0 Å². The van der Waals surface area contributed by atoms with Gasteiger partial charge in [-0.05, 0) is 24.3 Å². The Labute approximate surface area is 176 Å². The number of methoxy groups -OCH3 is 1. The van der Waals surface area contributed by atoms with Crippen LogP contribution in [-0.4, -0.2) is 47.9 Å². The van der Waals surface area contributed by atoms with Crippen molar-refractivity contribution in [2.45, 2.75) is 6.04 Å². The van der Waals surface area contributed by atoms with Gasteiger partial charge in [0.2, 0.25) is 6.79 Å². The van der Waals surface area contributed by atoms with Gasteiger partial charge < -0.3 is 29.4 Å². The van der Waals surface area contributed by atoms with E-state index in [0.29, 0.717) is 27.9 Å². The van der Waals surface area contributed by atoms with E-state index in [1.54, 1.807) is 23.0 Å². The molecule has 3 heterocycles. The second kappa shape index (κ2) is 8.56. The smallest absolute Gasteiger partial charge is 0.253 e. The zero-order chi connectivity index (χ0) is 21.1. The number of amides is 2. The molecule has 0 radical (unpaired) electrons. The summed E-state index contributed by atoms with van der Waals surface area (Å²) in [5.74, 6) is 0.592. The Morgan fingerprint density at radius 1 is 1.30 bits per heavy atom. The predicted molar refractivity (Wildman–Crippen MR) is 111 cm³/mol. The Morgan fingerprint density at radius 2 is 2.13 bits per heavy atom. The zero-order valence-corrected chi connectivity index (χ0v) is 17.2. The number of benzene rings is 1. The molecule has 3 aromatic rings. The number of nitrogens with zero attached hydrogens (tertiary/aromatic N) is 2. The fourth-order valence-electron chi connectivity index (χ4n) is 2.94. The third-order valence-corrected chi connectivity index (χ3v) is 5.21. The van der Waals surface area contributed by atoms with Gasteiger partial charge in [0.05, 0.1) is 17.9 Å². The Bertz CT molecular complexity index is 1080. The van der Waals surface area contributed by atoms with Crippen LogP contribution < -0.4 is 20.1 Å². The second-order valence-electron chi connectivity index (χ2n) is 6.64. The molecule has 1 aliphatic heterocycles. The molecule has 1 atom stereocenters. The monoisotopic (exact) mass is 428 g/mol. The lowest BCUT2D eigenvalue weighted by molar-refractivity contribution is -0.119. The van der Waals surface area contributed by atoms with Crippen molar-refractivity contribution in [2.24, 2.45) is 7.05 Å². The van der Waals surface area contributed by atoms with E-state index in [1.807, 2.05) is 30.6 Å². The fraction of sp³-hybridized carbons (Fsp3) is 0.250. The molecule has 0 saturated heterocycles. The average molecular weight is 428 g/mol. The number of hydrogen-bond acceptors (Lipinski definition) is 7. The van der Waals surface area contributed by atoms with Crippen LogP contribution >= 0.6 is 11.3 Å². The van der Waals surface area contributed by atoms with Crippen LogP contribution in [0.15, 0.2) is 42.0 Å². The van der Waals surface area contributed by atoms with Crippen molar-refractivity contribution in [3.05, 3.63) is 47.6 Å². The SMILES string of the molecule is COC[C@H](NC(=O)c1ccn(C)c1)C(=O)Nc1nc(-c2ccc3c(c2)OCO3)cs1. The first kappa shape index (κ1) is 19.9. The molecule has 2 aromatic heterocycles. The molecule has 30 heavy (non-hydrogen) atoms. The van der Waals surface area contributed by atoms with Crippen LogP contribution in [-0.2, 0) is 16.6 Å². The first-order chi connectivity index (χ1) is 14.5. The van der Waals surface area contributed by atoms with Crippen molar-refractivity contribution in [2.75, 3.05) is 25.8 Å². The lowest BCUT2D eigenvalue weighted by Gasteiger charge is -2.16. The zero-order valence-electron chi connectivity index (χ0n) is 16.4. The van der Waals surface area contributed by atoms with Gasteiger partial charge in [0.25, 0.3) is 11.8 Å². The molecule has 156 valence electrons. The quantitative estimate of drug-likeness (QED) is 0.598. The highest BCUT2D eigenvalue weighted by Crippen LogP contribution is 2.36. The van der Waals surface area contributed by atoms with Crippen LogP contribution in [0.3, 0.4) is 0 Å². The molecule has 0 unspecified atom stereocenters. The number of ether oxygens (including phenoxy) is 3. The summed E-state index contributed by atoms with van der Waals surface area (Å²) in [5, 5.41) is 7.69. The van der Waals surface area contributed by atoms with Crippen LogP contribution in [0.5, 0.6) is 11.5 Å². The lowest BCUT2D eigenvalue weighted by atomic mass is 10.1. The maximum atomic E-state index is 12.7. The van der Waals surface area contributed by atoms with E-state index >= 15 is 0 Å². The number of carbonyl (C=O) groups excluding carboxylic acids is 2. The van der Waals surface area contributed by atoms with E-state index in [0.717, 1.165) is 5.56 Å². The predicted octanol–water partition coefficient (Wildman–Crippen LogP) is 2.26. The van der Waals surface area contributed by atoms with E-state index in [1.165, 1.54) is 18.4 Å². The van der Waals surface area contributed by atoms with Crippen molar-refractivity contribution >= 4 is 28.3 Å². The fourth-order valence-corrected chi connectivity index (χ4v) is 3.66. The number of rotatable bonds is 7. The van der Waals surface area contributed by atoms with E-state index < -0.39 is 11.9 Å². The summed E-state index contributed by atoms with van der Waals surface area (Å²) in [4.78, 5) is 29.5. The normalized spacial score (nSPS) is 13.1. The Kier molecular flexibility index (Phi) is 5.68. The maximum absolute atomic E-state index is 12.7. The van der Waals surface area contributed by atoms with Gasteiger partial charge in [-0.1, -0.05) is 0 Å². The maximum Gasteiger partial charge on any atom is 0.253 e. The molecule has 10 heteroatoms. The molecule has 1 aliphatic rings. The number of aryl methyl sites for hydroxylation is 1. The van der Waals surface area contributed by atoms with E-state index in [4.69, 9.17) is 14.2 Å². The largest absolute Gasteiger partial charge is 0.454 e. The number of aromatic nitrogens is 2. The number of thiazole rings is 1. The topological polar surface area (TPSA) is 104 Å². The van der Waals surface area contributed by atoms with Crippen LogP contribution in [0.2, 0.25) is 0 Å². The standard InChI is InChI=1S/C20H20N4O5S/c1-24-6-5-13(8-24)18(25)21-14(9-27-2)19(26)23-20-22-15(10-30-20)12-3-4-16-17(7-12)29-11-28-16/h3-8,10,14H,9,11H2,1-2H3,(H,21,25)(H,22,23,26)/t14-/m0/s1. The number of carbonyl (C=O) groups is 2. The summed E-state index contributed by atoms with van der Waals surface area (Å²) < 4.78 is 17.6. The molecular weight excluding hydrogens is 408 g/mol. The lowest BCUT2D eigenvalue weighted by Crippen LogP contribution is -2.46. The summed E-state index contributed by atoms with van der Waals surface area (Å²) >= 11 is 1.29. The molecule has 0 bridgehead atoms. The highest BCUT2D eigenvalue weighted by molar-refractivity contribution is 7.14. The molecule has 0 spiro atoms. The minimum Gasteiger partial charge on any atom is -0.454 e. The van der Waals surface area contributed by atoms with Gasteiger partial charge in [-0.15, -0.1) is 11.3 Å². The van der Waals surface area contributed by atoms with Crippen molar-refractivity contribution in [3.8, 4) is 22.8 Å². The second-order valence-corrected chi connectivity index (χ2v) is 7.50. The molecule has 1 aromatic carbocycles. The number of fused-ring (bicyclic) bond motifs is 1. The number of nitrogens with one attached hydrogen (secondary N) is 2. The number of hydrogen-bond donors (Lipinski definition) is 2. The van der Waals surface area contributed by atoms with Gasteiger partial charge in [-0.25, -0.2) is 4.98 Å². The summed E-state index contributed by atoms with van der Waals surface area (Å²) in [6.45, 7) is 0.234. The summed E-state index contributed by atoms with van der Waals surface area (Å²) in [6, 6.07) is 6.36. The first-order valence-corrected chi connectivity index (χ1v) is 9.99. The molecule has 0 aliphatic carbocycles. The van der Waals surface area contributed by atoms with E-state index in [9.17, 15) is 9.59 Å². The highest BCUT2D eigenvalue weighted by Gasteiger charge is 2.23. The van der Waals surface area contributed by atoms with Gasteiger partial charge in [0.1, 0.15) is 6.04 Å². The number of anilines is 1. The summed E-state index contributed by atoms with van der Waals surface area (Å²) in [7, 11) is 3.28. The molecular formula is C20H20N4O5S. The van der Waals surface area contributed by atoms with Gasteiger partial charge in [0.15, 0.2) is 16.6 Å². The molecule has 9 nitrogen and oxygen atoms in total. The Balaban J connectivity index is 1.43. The molecule has 4 rings (SSSR count). The molecule has 0 saturated carbocycles. The van der Waals surface area contributed by atoms with Crippen LogP contribution in [0, 0.1) is 0 Å². The molecule has 0 fully saturated rings. The minimum absolute atomic E-state index is 0.0325. The van der Waals surface area contributed by atoms with Crippen LogP contribution in [0.25, 0.3) is 11.3 Å². The van der Waals surface area contributed by atoms with Gasteiger partial charge >= 0.3 is 0 Å². The van der Waals surface area contributed by atoms with Crippen molar-refractivity contribution < 1.29 is 23.8 Å². The van der Waals surface area contributed by atoms with Crippen molar-refractivity contribution in [1.82, 2.24) is 14.9 Å². The summed E-state index contributed by atoms with van der Waals surface area (Å²) in [5.41, 5.74) is 2.01. The minimum atomic E-state index is -0.861.